The summed E-state index contributed by atoms with van der Waals surface area (Å²) in [7, 11) is 0. The molecule has 2 aromatic heterocycles. The first kappa shape index (κ1) is 12.2. The van der Waals surface area contributed by atoms with E-state index in [1.54, 1.807) is 30.6 Å². The van der Waals surface area contributed by atoms with Crippen LogP contribution in [0, 0.1) is 0 Å². The molecule has 1 N–H and O–H groups in total. The summed E-state index contributed by atoms with van der Waals surface area (Å²) in [6.45, 7) is 0. The van der Waals surface area contributed by atoms with E-state index in [0.29, 0.717) is 11.4 Å². The summed E-state index contributed by atoms with van der Waals surface area (Å²) in [6, 6.07) is 14.9. The van der Waals surface area contributed by atoms with Crippen LogP contribution in [-0.4, -0.2) is 10.9 Å². The van der Waals surface area contributed by atoms with Gasteiger partial charge in [-0.15, -0.1) is 0 Å². The molecular weight excluding hydrogens is 252 g/mol. The maximum atomic E-state index is 12.2. The summed E-state index contributed by atoms with van der Waals surface area (Å²) >= 11 is 0. The smallest absolute Gasteiger partial charge is 0.292 e. The molecule has 98 valence electrons. The lowest BCUT2D eigenvalue weighted by Crippen LogP contribution is -2.11. The summed E-state index contributed by atoms with van der Waals surface area (Å²) < 4.78 is 5.33. The summed E-state index contributed by atoms with van der Waals surface area (Å²) in [4.78, 5) is 16.1. The Morgan fingerprint density at radius 3 is 2.50 bits per heavy atom. The fourth-order valence-corrected chi connectivity index (χ4v) is 1.95. The van der Waals surface area contributed by atoms with E-state index in [0.717, 1.165) is 11.1 Å². The topological polar surface area (TPSA) is 55.1 Å². The summed E-state index contributed by atoms with van der Waals surface area (Å²) in [6.07, 6.45) is 4.76. The maximum absolute atomic E-state index is 12.2. The molecular formula is C16H12N2O2. The van der Waals surface area contributed by atoms with E-state index in [-0.39, 0.29) is 5.91 Å². The Labute approximate surface area is 116 Å². The van der Waals surface area contributed by atoms with Crippen molar-refractivity contribution in [2.75, 3.05) is 5.32 Å². The highest BCUT2D eigenvalue weighted by Gasteiger charge is 2.16. The monoisotopic (exact) mass is 264 g/mol. The molecule has 0 unspecified atom stereocenters. The molecule has 0 aliphatic rings. The molecule has 1 aromatic carbocycles. The molecule has 0 atom stereocenters. The molecule has 4 heteroatoms. The van der Waals surface area contributed by atoms with Gasteiger partial charge in [-0.05, 0) is 23.8 Å². The Hall–Kier alpha value is -2.88. The van der Waals surface area contributed by atoms with E-state index in [1.165, 1.54) is 6.26 Å². The molecule has 0 fully saturated rings. The molecule has 0 spiro atoms. The number of anilines is 1. The summed E-state index contributed by atoms with van der Waals surface area (Å²) in [5, 5.41) is 2.78. The van der Waals surface area contributed by atoms with Gasteiger partial charge in [0.1, 0.15) is 0 Å². The predicted octanol–water partition coefficient (Wildman–Crippen LogP) is 3.59. The summed E-state index contributed by atoms with van der Waals surface area (Å²) in [5.74, 6) is 0.0214. The molecule has 0 saturated carbocycles. The van der Waals surface area contributed by atoms with E-state index >= 15 is 0 Å². The first-order chi connectivity index (χ1) is 9.84. The molecule has 4 nitrogen and oxygen atoms in total. The normalized spacial score (nSPS) is 10.2. The number of aromatic nitrogens is 1. The molecule has 0 aliphatic heterocycles. The zero-order valence-corrected chi connectivity index (χ0v) is 10.6. The SMILES string of the molecule is O=C(Nc1ccncc1)c1occc1-c1ccccc1. The number of nitrogens with one attached hydrogen (secondary N) is 1. The number of amides is 1. The van der Waals surface area contributed by atoms with Crippen LogP contribution in [-0.2, 0) is 0 Å². The first-order valence-corrected chi connectivity index (χ1v) is 6.19. The number of rotatable bonds is 3. The first-order valence-electron chi connectivity index (χ1n) is 6.19. The molecule has 0 bridgehead atoms. The van der Waals surface area contributed by atoms with Crippen LogP contribution in [0.15, 0.2) is 71.6 Å². The standard InChI is InChI=1S/C16H12N2O2/c19-16(18-13-6-9-17-10-7-13)15-14(8-11-20-15)12-4-2-1-3-5-12/h1-11H,(H,17,18,19). The van der Waals surface area contributed by atoms with E-state index in [4.69, 9.17) is 4.42 Å². The fraction of sp³-hybridized carbons (Fsp3) is 0. The van der Waals surface area contributed by atoms with Gasteiger partial charge in [0.25, 0.3) is 5.91 Å². The second-order valence-corrected chi connectivity index (χ2v) is 4.22. The highest BCUT2D eigenvalue weighted by Crippen LogP contribution is 2.25. The molecule has 1 amide bonds. The average Bonchev–Trinajstić information content (AvgIpc) is 2.99. The molecule has 0 saturated heterocycles. The number of benzene rings is 1. The highest BCUT2D eigenvalue weighted by molar-refractivity contribution is 6.06. The largest absolute Gasteiger partial charge is 0.459 e. The minimum absolute atomic E-state index is 0.278. The Morgan fingerprint density at radius 1 is 1.00 bits per heavy atom. The molecule has 2 heterocycles. The van der Waals surface area contributed by atoms with Gasteiger partial charge >= 0.3 is 0 Å². The van der Waals surface area contributed by atoms with E-state index in [1.807, 2.05) is 30.3 Å². The van der Waals surface area contributed by atoms with Gasteiger partial charge in [0, 0.05) is 23.6 Å². The third-order valence-corrected chi connectivity index (χ3v) is 2.89. The zero-order chi connectivity index (χ0) is 13.8. The number of nitrogens with zero attached hydrogens (tertiary/aromatic N) is 1. The van der Waals surface area contributed by atoms with E-state index < -0.39 is 0 Å². The van der Waals surface area contributed by atoms with Gasteiger partial charge in [-0.2, -0.15) is 0 Å². The van der Waals surface area contributed by atoms with Crippen LogP contribution in [0.4, 0.5) is 5.69 Å². The zero-order valence-electron chi connectivity index (χ0n) is 10.6. The minimum atomic E-state index is -0.278. The van der Waals surface area contributed by atoms with Crippen molar-refractivity contribution < 1.29 is 9.21 Å². The van der Waals surface area contributed by atoms with Gasteiger partial charge in [-0.1, -0.05) is 30.3 Å². The third kappa shape index (κ3) is 2.44. The van der Waals surface area contributed by atoms with Crippen molar-refractivity contribution in [1.29, 1.82) is 0 Å². The Kier molecular flexibility index (Phi) is 3.29. The quantitative estimate of drug-likeness (QED) is 0.786. The van der Waals surface area contributed by atoms with Gasteiger partial charge in [0.05, 0.1) is 6.26 Å². The van der Waals surface area contributed by atoms with Crippen LogP contribution in [0.2, 0.25) is 0 Å². The van der Waals surface area contributed by atoms with Crippen molar-refractivity contribution >= 4 is 11.6 Å². The van der Waals surface area contributed by atoms with Crippen LogP contribution in [0.1, 0.15) is 10.6 Å². The lowest BCUT2D eigenvalue weighted by molar-refractivity contribution is 0.0997. The van der Waals surface area contributed by atoms with E-state index in [2.05, 4.69) is 10.3 Å². The average molecular weight is 264 g/mol. The van der Waals surface area contributed by atoms with Gasteiger partial charge < -0.3 is 9.73 Å². The molecule has 3 aromatic rings. The minimum Gasteiger partial charge on any atom is -0.459 e. The van der Waals surface area contributed by atoms with Gasteiger partial charge in [0.2, 0.25) is 0 Å². The van der Waals surface area contributed by atoms with Gasteiger partial charge in [-0.25, -0.2) is 0 Å². The van der Waals surface area contributed by atoms with Crippen molar-refractivity contribution in [2.45, 2.75) is 0 Å². The number of hydrogen-bond donors (Lipinski definition) is 1. The van der Waals surface area contributed by atoms with Crippen LogP contribution in [0.3, 0.4) is 0 Å². The number of hydrogen-bond acceptors (Lipinski definition) is 3. The van der Waals surface area contributed by atoms with Crippen molar-refractivity contribution in [3.8, 4) is 11.1 Å². The Balaban J connectivity index is 1.88. The molecule has 3 rings (SSSR count). The Bertz CT molecular complexity index is 706. The molecule has 0 radical (unpaired) electrons. The van der Waals surface area contributed by atoms with E-state index in [9.17, 15) is 4.79 Å². The van der Waals surface area contributed by atoms with Gasteiger partial charge in [-0.3, -0.25) is 9.78 Å². The fourth-order valence-electron chi connectivity index (χ4n) is 1.95. The van der Waals surface area contributed by atoms with Crippen molar-refractivity contribution in [3.05, 3.63) is 72.9 Å². The Morgan fingerprint density at radius 2 is 1.75 bits per heavy atom. The van der Waals surface area contributed by atoms with Crippen molar-refractivity contribution in [1.82, 2.24) is 4.98 Å². The van der Waals surface area contributed by atoms with Crippen LogP contribution < -0.4 is 5.32 Å². The lowest BCUT2D eigenvalue weighted by atomic mass is 10.1. The number of pyridine rings is 1. The summed E-state index contributed by atoms with van der Waals surface area (Å²) in [5.41, 5.74) is 2.40. The lowest BCUT2D eigenvalue weighted by Gasteiger charge is -2.05. The highest BCUT2D eigenvalue weighted by atomic mass is 16.3. The maximum Gasteiger partial charge on any atom is 0.292 e. The number of carbonyl (C=O) groups is 1. The van der Waals surface area contributed by atoms with Crippen LogP contribution in [0.25, 0.3) is 11.1 Å². The molecule has 20 heavy (non-hydrogen) atoms. The second kappa shape index (κ2) is 5.40. The number of furan rings is 1. The van der Waals surface area contributed by atoms with Crippen molar-refractivity contribution in [3.63, 3.8) is 0 Å². The third-order valence-electron chi connectivity index (χ3n) is 2.89. The van der Waals surface area contributed by atoms with Gasteiger partial charge in [0.15, 0.2) is 5.76 Å². The molecule has 0 aliphatic carbocycles. The number of carbonyl (C=O) groups excluding carboxylic acids is 1. The van der Waals surface area contributed by atoms with Crippen LogP contribution >= 0.6 is 0 Å². The van der Waals surface area contributed by atoms with Crippen molar-refractivity contribution in [2.24, 2.45) is 0 Å². The van der Waals surface area contributed by atoms with Crippen LogP contribution in [0.5, 0.6) is 0 Å². The predicted molar refractivity (Wildman–Crippen MR) is 76.3 cm³/mol. The second-order valence-electron chi connectivity index (χ2n) is 4.22.